The van der Waals surface area contributed by atoms with Crippen molar-refractivity contribution in [1.82, 2.24) is 0 Å². The first-order valence-corrected chi connectivity index (χ1v) is 9.82. The molecule has 0 aliphatic carbocycles. The lowest BCUT2D eigenvalue weighted by Crippen LogP contribution is -2.54. The molecule has 1 aliphatic rings. The number of likely N-dealkylation sites (tertiary alicyclic amines) is 1. The van der Waals surface area contributed by atoms with Crippen molar-refractivity contribution in [3.8, 4) is 0 Å². The summed E-state index contributed by atoms with van der Waals surface area (Å²) < 4.78 is 6.18. The molecule has 0 spiro atoms. The molecule has 0 bridgehead atoms. The molecule has 1 aliphatic heterocycles. The van der Waals surface area contributed by atoms with Crippen LogP contribution < -0.4 is 0 Å². The summed E-state index contributed by atoms with van der Waals surface area (Å²) in [7, 11) is 0. The van der Waals surface area contributed by atoms with E-state index in [0.29, 0.717) is 13.2 Å². The van der Waals surface area contributed by atoms with Crippen LogP contribution in [0.15, 0.2) is 35.9 Å². The van der Waals surface area contributed by atoms with Gasteiger partial charge in [0.05, 0.1) is 26.2 Å². The van der Waals surface area contributed by atoms with Crippen molar-refractivity contribution in [3.63, 3.8) is 0 Å². The van der Waals surface area contributed by atoms with Gasteiger partial charge >= 0.3 is 5.97 Å². The summed E-state index contributed by atoms with van der Waals surface area (Å²) in [5, 5.41) is 0.820. The highest BCUT2D eigenvalue weighted by atomic mass is 35.5. The lowest BCUT2D eigenvalue weighted by Gasteiger charge is -2.40. The second-order valence-electron chi connectivity index (χ2n) is 7.23. The van der Waals surface area contributed by atoms with Crippen molar-refractivity contribution in [1.29, 1.82) is 0 Å². The molecule has 1 aromatic rings. The number of esters is 1. The summed E-state index contributed by atoms with van der Waals surface area (Å²) in [4.78, 5) is 12.2. The number of hydrogen-bond donors (Lipinski definition) is 0. The van der Waals surface area contributed by atoms with Crippen LogP contribution in [0, 0.1) is 0 Å². The first-order chi connectivity index (χ1) is 12.0. The topological polar surface area (TPSA) is 26.3 Å². The van der Waals surface area contributed by atoms with Gasteiger partial charge in [-0.25, -0.2) is 4.79 Å². The van der Waals surface area contributed by atoms with Gasteiger partial charge in [-0.15, -0.1) is 0 Å². The van der Waals surface area contributed by atoms with Crippen molar-refractivity contribution in [2.75, 3.05) is 32.8 Å². The van der Waals surface area contributed by atoms with E-state index < -0.39 is 0 Å². The smallest absolute Gasteiger partial charge is 0.361 e. The molecule has 0 N–H and O–H groups in total. The number of nitrogens with zero attached hydrogens (tertiary/aromatic N) is 1. The van der Waals surface area contributed by atoms with Gasteiger partial charge in [0, 0.05) is 5.02 Å². The molecule has 1 fully saturated rings. The zero-order chi connectivity index (χ0) is 18.1. The van der Waals surface area contributed by atoms with Gasteiger partial charge in [0.2, 0.25) is 0 Å². The zero-order valence-electron chi connectivity index (χ0n) is 15.6. The Morgan fingerprint density at radius 2 is 1.96 bits per heavy atom. The minimum Gasteiger partial charge on any atom is -0.462 e. The molecule has 0 radical (unpaired) electrons. The van der Waals surface area contributed by atoms with Gasteiger partial charge in [0.15, 0.2) is 6.54 Å². The number of benzene rings is 1. The molecule has 1 saturated heterocycles. The number of allylic oxidation sites excluding steroid dienone is 1. The van der Waals surface area contributed by atoms with Crippen LogP contribution in [-0.4, -0.2) is 43.2 Å². The van der Waals surface area contributed by atoms with Crippen molar-refractivity contribution in [2.24, 2.45) is 0 Å². The maximum Gasteiger partial charge on any atom is 0.361 e. The van der Waals surface area contributed by atoms with E-state index in [1.807, 2.05) is 25.1 Å². The molecule has 1 aromatic carbocycles. The monoisotopic (exact) mass is 364 g/mol. The third kappa shape index (κ3) is 6.48. The van der Waals surface area contributed by atoms with E-state index in [1.54, 1.807) is 0 Å². The van der Waals surface area contributed by atoms with Gasteiger partial charge in [-0.2, -0.15) is 0 Å². The predicted octanol–water partition coefficient (Wildman–Crippen LogP) is 4.78. The van der Waals surface area contributed by atoms with Crippen LogP contribution in [-0.2, 0) is 16.0 Å². The number of piperidine rings is 1. The third-order valence-electron chi connectivity index (χ3n) is 4.95. The molecular weight excluding hydrogens is 334 g/mol. The van der Waals surface area contributed by atoms with E-state index >= 15 is 0 Å². The Hall–Kier alpha value is -1.32. The fourth-order valence-electron chi connectivity index (χ4n) is 3.49. The number of ether oxygens (including phenoxy) is 1. The quantitative estimate of drug-likeness (QED) is 0.377. The lowest BCUT2D eigenvalue weighted by atomic mass is 10.0. The van der Waals surface area contributed by atoms with Gasteiger partial charge in [0.25, 0.3) is 0 Å². The number of quaternary nitrogens is 1. The second-order valence-corrected chi connectivity index (χ2v) is 7.64. The second kappa shape index (κ2) is 9.98. The molecule has 0 amide bonds. The van der Waals surface area contributed by atoms with Crippen LogP contribution >= 0.6 is 11.6 Å². The van der Waals surface area contributed by atoms with Crippen LogP contribution in [0.2, 0.25) is 5.02 Å². The van der Waals surface area contributed by atoms with Crippen molar-refractivity contribution in [3.05, 3.63) is 46.5 Å². The van der Waals surface area contributed by atoms with E-state index in [4.69, 9.17) is 16.3 Å². The van der Waals surface area contributed by atoms with E-state index in [-0.39, 0.29) is 5.97 Å². The Morgan fingerprint density at radius 1 is 1.24 bits per heavy atom. The molecule has 0 atom stereocenters. The first kappa shape index (κ1) is 20.0. The molecule has 0 unspecified atom stereocenters. The lowest BCUT2D eigenvalue weighted by molar-refractivity contribution is -0.920. The van der Waals surface area contributed by atoms with E-state index in [2.05, 4.69) is 19.1 Å². The number of carbonyl (C=O) groups is 1. The summed E-state index contributed by atoms with van der Waals surface area (Å²) in [6, 6.07) is 8.00. The fraction of sp³-hybridized carbons (Fsp3) is 0.571. The van der Waals surface area contributed by atoms with Gasteiger partial charge in [-0.3, -0.25) is 0 Å². The minimum atomic E-state index is -0.0547. The van der Waals surface area contributed by atoms with Crippen molar-refractivity contribution < 1.29 is 14.0 Å². The Labute approximate surface area is 157 Å². The zero-order valence-corrected chi connectivity index (χ0v) is 16.4. The van der Waals surface area contributed by atoms with Gasteiger partial charge in [-0.1, -0.05) is 42.3 Å². The summed E-state index contributed by atoms with van der Waals surface area (Å²) in [5.41, 5.74) is 2.46. The van der Waals surface area contributed by atoms with Gasteiger partial charge in [0.1, 0.15) is 0 Å². The van der Waals surface area contributed by atoms with E-state index in [9.17, 15) is 4.79 Å². The normalized spacial score (nSPS) is 17.3. The Balaban J connectivity index is 2.00. The number of halogens is 1. The third-order valence-corrected chi connectivity index (χ3v) is 5.32. The highest BCUT2D eigenvalue weighted by Gasteiger charge is 2.32. The molecule has 138 valence electrons. The largest absolute Gasteiger partial charge is 0.462 e. The van der Waals surface area contributed by atoms with Crippen LogP contribution in [0.5, 0.6) is 0 Å². The Morgan fingerprint density at radius 3 is 2.64 bits per heavy atom. The molecule has 2 rings (SSSR count). The molecule has 25 heavy (non-hydrogen) atoms. The molecule has 0 saturated carbocycles. The maximum atomic E-state index is 12.2. The summed E-state index contributed by atoms with van der Waals surface area (Å²) in [5.74, 6) is -0.0547. The Bertz CT molecular complexity index is 591. The van der Waals surface area contributed by atoms with Gasteiger partial charge in [-0.05, 0) is 56.7 Å². The average Bonchev–Trinajstić information content (AvgIpc) is 2.61. The predicted molar refractivity (Wildman–Crippen MR) is 104 cm³/mol. The highest BCUT2D eigenvalue weighted by Crippen LogP contribution is 2.22. The number of hydrogen-bond acceptors (Lipinski definition) is 2. The van der Waals surface area contributed by atoms with Gasteiger partial charge < -0.3 is 9.22 Å². The SMILES string of the molecule is CCCOC(=O)C[N+]1(C/C=C(/C)Cc2ccccc2Cl)CCCCC1. The molecule has 4 heteroatoms. The van der Waals surface area contributed by atoms with Crippen LogP contribution in [0.3, 0.4) is 0 Å². The number of carbonyl (C=O) groups excluding carboxylic acids is 1. The highest BCUT2D eigenvalue weighted by molar-refractivity contribution is 6.31. The fourth-order valence-corrected chi connectivity index (χ4v) is 3.69. The molecular formula is C21H31ClNO2+. The van der Waals surface area contributed by atoms with Crippen LogP contribution in [0.4, 0.5) is 0 Å². The molecule has 1 heterocycles. The van der Waals surface area contributed by atoms with Crippen molar-refractivity contribution >= 4 is 17.6 Å². The van der Waals surface area contributed by atoms with Crippen LogP contribution in [0.1, 0.15) is 45.1 Å². The minimum absolute atomic E-state index is 0.0547. The average molecular weight is 365 g/mol. The van der Waals surface area contributed by atoms with Crippen LogP contribution in [0.25, 0.3) is 0 Å². The standard InChI is InChI=1S/C21H31ClNO2/c1-3-15-25-21(24)17-23(12-7-4-8-13-23)14-11-18(2)16-19-9-5-6-10-20(19)22/h5-6,9-11H,3-4,7-8,12-17H2,1-2H3/q+1/b18-11-. The molecule has 0 aromatic heterocycles. The summed E-state index contributed by atoms with van der Waals surface area (Å²) in [6.45, 7) is 8.24. The maximum absolute atomic E-state index is 12.2. The summed E-state index contributed by atoms with van der Waals surface area (Å²) in [6.07, 6.45) is 7.69. The first-order valence-electron chi connectivity index (χ1n) is 9.44. The van der Waals surface area contributed by atoms with Crippen molar-refractivity contribution in [2.45, 2.75) is 46.0 Å². The van der Waals surface area contributed by atoms with E-state index in [0.717, 1.165) is 47.5 Å². The molecule has 3 nitrogen and oxygen atoms in total. The summed E-state index contributed by atoms with van der Waals surface area (Å²) >= 11 is 6.27. The number of rotatable bonds is 8. The Kier molecular flexibility index (Phi) is 7.98. The van der Waals surface area contributed by atoms with E-state index in [1.165, 1.54) is 24.8 Å².